The van der Waals surface area contributed by atoms with E-state index in [1.165, 1.54) is 12.1 Å². The Morgan fingerprint density at radius 1 is 0.939 bits per heavy atom. The Morgan fingerprint density at radius 3 is 2.24 bits per heavy atom. The Morgan fingerprint density at radius 2 is 1.67 bits per heavy atom. The molecule has 4 aromatic rings. The zero-order chi connectivity index (χ0) is 23.7. The molecule has 1 aromatic heterocycles. The van der Waals surface area contributed by atoms with Gasteiger partial charge in [-0.1, -0.05) is 18.2 Å². The molecule has 0 unspecified atom stereocenters. The number of nitrogens with zero attached hydrogens (tertiary/aromatic N) is 1. The molecular formula is C26H22N2O5. The number of aromatic carboxylic acids is 1. The molecule has 4 N–H and O–H groups in total. The Kier molecular flexibility index (Phi) is 5.62. The molecule has 0 atom stereocenters. The Labute approximate surface area is 190 Å². The van der Waals surface area contributed by atoms with E-state index in [-0.39, 0.29) is 11.3 Å². The largest absolute Gasteiger partial charge is 0.507 e. The third-order valence-corrected chi connectivity index (χ3v) is 5.54. The number of benzene rings is 3. The van der Waals surface area contributed by atoms with Crippen molar-refractivity contribution in [1.29, 1.82) is 0 Å². The standard InChI is InChI=1S/C26H22N2O5/c1-15-13-17(25(27)30)5-9-20(15)24-21(16-3-7-19(33-2)8-4-16)11-12-28(24)18-6-10-22(26(31)32)23(29)14-18/h3-14,29H,1-2H3,(H2,27,30)(H,31,32). The number of ether oxygens (including phenoxy) is 1. The summed E-state index contributed by atoms with van der Waals surface area (Å²) < 4.78 is 7.14. The summed E-state index contributed by atoms with van der Waals surface area (Å²) in [6, 6.07) is 19.2. The lowest BCUT2D eigenvalue weighted by Gasteiger charge is -2.16. The van der Waals surface area contributed by atoms with Gasteiger partial charge in [0.25, 0.3) is 0 Å². The first-order valence-electron chi connectivity index (χ1n) is 10.1. The van der Waals surface area contributed by atoms with Crippen LogP contribution in [0.2, 0.25) is 0 Å². The number of methoxy groups -OCH3 is 1. The van der Waals surface area contributed by atoms with Gasteiger partial charge in [-0.05, 0) is 60.5 Å². The van der Waals surface area contributed by atoms with Crippen molar-refractivity contribution in [3.05, 3.63) is 89.6 Å². The lowest BCUT2D eigenvalue weighted by Crippen LogP contribution is -2.11. The number of aromatic nitrogens is 1. The van der Waals surface area contributed by atoms with Gasteiger partial charge in [0.1, 0.15) is 17.1 Å². The topological polar surface area (TPSA) is 115 Å². The molecule has 0 aliphatic rings. The van der Waals surface area contributed by atoms with Gasteiger partial charge in [0, 0.05) is 34.6 Å². The van der Waals surface area contributed by atoms with Gasteiger partial charge in [-0.25, -0.2) is 4.79 Å². The highest BCUT2D eigenvalue weighted by atomic mass is 16.5. The second-order valence-corrected chi connectivity index (χ2v) is 7.58. The molecule has 0 radical (unpaired) electrons. The fourth-order valence-corrected chi connectivity index (χ4v) is 3.86. The SMILES string of the molecule is COc1ccc(-c2ccn(-c3ccc(C(=O)O)c(O)c3)c2-c2ccc(C(N)=O)cc2C)cc1. The normalized spacial score (nSPS) is 10.7. The maximum absolute atomic E-state index is 11.6. The molecule has 33 heavy (non-hydrogen) atoms. The van der Waals surface area contributed by atoms with Crippen molar-refractivity contribution in [2.45, 2.75) is 6.92 Å². The van der Waals surface area contributed by atoms with E-state index in [1.807, 2.05) is 54.1 Å². The number of rotatable bonds is 6. The van der Waals surface area contributed by atoms with Crippen molar-refractivity contribution in [2.24, 2.45) is 5.73 Å². The number of carboxylic acids is 1. The molecule has 3 aromatic carbocycles. The van der Waals surface area contributed by atoms with Gasteiger partial charge in [0.05, 0.1) is 12.8 Å². The first kappa shape index (κ1) is 21.7. The highest BCUT2D eigenvalue weighted by Gasteiger charge is 2.19. The van der Waals surface area contributed by atoms with Crippen molar-refractivity contribution in [3.8, 4) is 39.6 Å². The van der Waals surface area contributed by atoms with Crippen LogP contribution in [0.3, 0.4) is 0 Å². The summed E-state index contributed by atoms with van der Waals surface area (Å²) in [7, 11) is 1.60. The second-order valence-electron chi connectivity index (χ2n) is 7.58. The molecule has 1 amide bonds. The molecule has 0 saturated heterocycles. The molecule has 0 saturated carbocycles. The van der Waals surface area contributed by atoms with E-state index >= 15 is 0 Å². The third kappa shape index (κ3) is 4.04. The van der Waals surface area contributed by atoms with Crippen molar-refractivity contribution >= 4 is 11.9 Å². The van der Waals surface area contributed by atoms with Crippen LogP contribution in [-0.2, 0) is 0 Å². The van der Waals surface area contributed by atoms with E-state index in [0.717, 1.165) is 33.7 Å². The number of amides is 1. The lowest BCUT2D eigenvalue weighted by atomic mass is 9.96. The fourth-order valence-electron chi connectivity index (χ4n) is 3.86. The number of carbonyl (C=O) groups excluding carboxylic acids is 1. The summed E-state index contributed by atoms with van der Waals surface area (Å²) in [6.45, 7) is 1.89. The summed E-state index contributed by atoms with van der Waals surface area (Å²) in [6.07, 6.45) is 1.85. The van der Waals surface area contributed by atoms with Crippen LogP contribution in [-0.4, -0.2) is 33.8 Å². The molecule has 0 bridgehead atoms. The van der Waals surface area contributed by atoms with Crippen molar-refractivity contribution in [1.82, 2.24) is 4.57 Å². The molecule has 7 heteroatoms. The molecule has 7 nitrogen and oxygen atoms in total. The van der Waals surface area contributed by atoms with E-state index < -0.39 is 11.9 Å². The molecular weight excluding hydrogens is 420 g/mol. The van der Waals surface area contributed by atoms with Crippen molar-refractivity contribution < 1.29 is 24.5 Å². The third-order valence-electron chi connectivity index (χ3n) is 5.54. The lowest BCUT2D eigenvalue weighted by molar-refractivity contribution is 0.0693. The highest BCUT2D eigenvalue weighted by Crippen LogP contribution is 2.38. The number of hydrogen-bond acceptors (Lipinski definition) is 4. The van der Waals surface area contributed by atoms with Crippen LogP contribution in [0.5, 0.6) is 11.5 Å². The quantitative estimate of drug-likeness (QED) is 0.403. The molecule has 0 fully saturated rings. The van der Waals surface area contributed by atoms with Crippen LogP contribution in [0.25, 0.3) is 28.1 Å². The summed E-state index contributed by atoms with van der Waals surface area (Å²) >= 11 is 0. The number of carbonyl (C=O) groups is 2. The van der Waals surface area contributed by atoms with Gasteiger partial charge >= 0.3 is 5.97 Å². The average Bonchev–Trinajstić information content (AvgIpc) is 3.23. The minimum absolute atomic E-state index is 0.176. The Balaban J connectivity index is 1.95. The summed E-state index contributed by atoms with van der Waals surface area (Å²) in [4.78, 5) is 23.0. The number of phenols is 1. The first-order valence-corrected chi connectivity index (χ1v) is 10.1. The monoisotopic (exact) mass is 442 g/mol. The molecule has 0 aliphatic carbocycles. The fraction of sp³-hybridized carbons (Fsp3) is 0.0769. The predicted molar refractivity (Wildman–Crippen MR) is 125 cm³/mol. The van der Waals surface area contributed by atoms with Gasteiger partial charge in [-0.3, -0.25) is 4.79 Å². The Bertz CT molecular complexity index is 1370. The summed E-state index contributed by atoms with van der Waals surface area (Å²) in [5.41, 5.74) is 10.6. The second kappa shape index (κ2) is 8.55. The summed E-state index contributed by atoms with van der Waals surface area (Å²) in [5, 5.41) is 19.5. The van der Waals surface area contributed by atoms with Crippen LogP contribution in [0.15, 0.2) is 72.9 Å². The minimum atomic E-state index is -1.21. The van der Waals surface area contributed by atoms with E-state index in [2.05, 4.69) is 0 Å². The highest BCUT2D eigenvalue weighted by molar-refractivity contribution is 5.95. The average molecular weight is 442 g/mol. The molecule has 166 valence electrons. The molecule has 0 aliphatic heterocycles. The number of primary amides is 1. The van der Waals surface area contributed by atoms with Gasteiger partial charge in [0.15, 0.2) is 0 Å². The first-order chi connectivity index (χ1) is 15.8. The van der Waals surface area contributed by atoms with Gasteiger partial charge in [-0.2, -0.15) is 0 Å². The number of aromatic hydroxyl groups is 1. The smallest absolute Gasteiger partial charge is 0.339 e. The number of aryl methyl sites for hydroxylation is 1. The predicted octanol–water partition coefficient (Wildman–Crippen LogP) is 4.63. The van der Waals surface area contributed by atoms with E-state index in [0.29, 0.717) is 11.3 Å². The zero-order valence-corrected chi connectivity index (χ0v) is 18.1. The maximum atomic E-state index is 11.6. The number of carboxylic acid groups (broad SMARTS) is 1. The van der Waals surface area contributed by atoms with E-state index in [4.69, 9.17) is 10.5 Å². The molecule has 0 spiro atoms. The molecule has 4 rings (SSSR count). The zero-order valence-electron chi connectivity index (χ0n) is 18.1. The van der Waals surface area contributed by atoms with Gasteiger partial charge in [-0.15, -0.1) is 0 Å². The van der Waals surface area contributed by atoms with Gasteiger partial charge in [0.2, 0.25) is 5.91 Å². The van der Waals surface area contributed by atoms with Crippen molar-refractivity contribution in [3.63, 3.8) is 0 Å². The van der Waals surface area contributed by atoms with E-state index in [9.17, 15) is 19.8 Å². The van der Waals surface area contributed by atoms with Crippen LogP contribution < -0.4 is 10.5 Å². The van der Waals surface area contributed by atoms with Crippen LogP contribution in [0.1, 0.15) is 26.3 Å². The number of nitrogens with two attached hydrogens (primary N) is 1. The van der Waals surface area contributed by atoms with Crippen LogP contribution in [0.4, 0.5) is 0 Å². The minimum Gasteiger partial charge on any atom is -0.507 e. The van der Waals surface area contributed by atoms with Crippen LogP contribution in [0, 0.1) is 6.92 Å². The van der Waals surface area contributed by atoms with Crippen LogP contribution >= 0.6 is 0 Å². The maximum Gasteiger partial charge on any atom is 0.339 e. The Hall–Kier alpha value is -4.52. The number of hydrogen-bond donors (Lipinski definition) is 3. The molecule has 1 heterocycles. The van der Waals surface area contributed by atoms with Gasteiger partial charge < -0.3 is 25.3 Å². The van der Waals surface area contributed by atoms with E-state index in [1.54, 1.807) is 25.3 Å². The van der Waals surface area contributed by atoms with Crippen molar-refractivity contribution in [2.75, 3.05) is 7.11 Å². The summed E-state index contributed by atoms with van der Waals surface area (Å²) in [5.74, 6) is -1.31.